The fourth-order valence-corrected chi connectivity index (χ4v) is 3.50. The Bertz CT molecular complexity index is 908. The number of aliphatic imine (C=N–C) groups is 2. The average molecular weight is 385 g/mol. The zero-order valence-corrected chi connectivity index (χ0v) is 16.1. The molecule has 0 bridgehead atoms. The fourth-order valence-electron chi connectivity index (χ4n) is 2.58. The second kappa shape index (κ2) is 7.92. The van der Waals surface area contributed by atoms with Crippen LogP contribution in [0.25, 0.3) is 0 Å². The van der Waals surface area contributed by atoms with E-state index < -0.39 is 5.66 Å². The van der Waals surface area contributed by atoms with Crippen molar-refractivity contribution in [1.29, 1.82) is 0 Å². The van der Waals surface area contributed by atoms with Crippen molar-refractivity contribution in [2.45, 2.75) is 19.5 Å². The monoisotopic (exact) mass is 385 g/mol. The second-order valence-corrected chi connectivity index (χ2v) is 7.41. The molecule has 0 saturated carbocycles. The molecule has 1 heterocycles. The Morgan fingerprint density at radius 3 is 2.63 bits per heavy atom. The quantitative estimate of drug-likeness (QED) is 0.841. The molecule has 1 amide bonds. The number of hydrogen-bond acceptors (Lipinski definition) is 5. The van der Waals surface area contributed by atoms with Gasteiger partial charge in [-0.1, -0.05) is 17.8 Å². The number of amides is 1. The van der Waals surface area contributed by atoms with E-state index >= 15 is 0 Å². The van der Waals surface area contributed by atoms with Crippen molar-refractivity contribution in [3.8, 4) is 5.75 Å². The van der Waals surface area contributed by atoms with Crippen molar-refractivity contribution in [1.82, 2.24) is 0 Å². The van der Waals surface area contributed by atoms with Gasteiger partial charge in [-0.15, -0.1) is 0 Å². The van der Waals surface area contributed by atoms with Crippen molar-refractivity contribution in [2.75, 3.05) is 18.2 Å². The molecule has 27 heavy (non-hydrogen) atoms. The minimum absolute atomic E-state index is 0.154. The predicted molar refractivity (Wildman–Crippen MR) is 109 cm³/mol. The van der Waals surface area contributed by atoms with Crippen LogP contribution >= 0.6 is 11.8 Å². The lowest BCUT2D eigenvalue weighted by atomic mass is 10.1. The molecule has 1 N–H and O–H groups in total. The third-order valence-electron chi connectivity index (χ3n) is 3.77. The van der Waals surface area contributed by atoms with E-state index in [-0.39, 0.29) is 17.5 Å². The first kappa shape index (κ1) is 19.1. The van der Waals surface area contributed by atoms with Gasteiger partial charge >= 0.3 is 0 Å². The maximum atomic E-state index is 13.2. The Morgan fingerprint density at radius 2 is 1.93 bits per heavy atom. The molecule has 1 aliphatic heterocycles. The summed E-state index contributed by atoms with van der Waals surface area (Å²) in [7, 11) is 1.58. The lowest BCUT2D eigenvalue weighted by molar-refractivity contribution is -0.113. The molecule has 0 aromatic heterocycles. The normalized spacial score (nSPS) is 15.1. The van der Waals surface area contributed by atoms with Crippen molar-refractivity contribution in [2.24, 2.45) is 9.98 Å². The minimum atomic E-state index is -0.602. The number of methoxy groups -OCH3 is 1. The third-order valence-corrected chi connectivity index (χ3v) is 4.74. The van der Waals surface area contributed by atoms with Crippen molar-refractivity contribution < 1.29 is 13.9 Å². The number of carbonyl (C=O) groups is 1. The Morgan fingerprint density at radius 1 is 1.19 bits per heavy atom. The molecule has 0 aliphatic carbocycles. The molecule has 0 saturated heterocycles. The summed E-state index contributed by atoms with van der Waals surface area (Å²) in [4.78, 5) is 21.5. The number of nitrogens with zero attached hydrogens (tertiary/aromatic N) is 2. The number of benzene rings is 2. The van der Waals surface area contributed by atoms with Gasteiger partial charge in [-0.05, 0) is 50.2 Å². The molecular formula is C20H20FN3O2S. The Labute approximate surface area is 161 Å². The predicted octanol–water partition coefficient (Wildman–Crippen LogP) is 4.14. The number of ether oxygens (including phenoxy) is 1. The summed E-state index contributed by atoms with van der Waals surface area (Å²) in [6, 6.07) is 13.3. The van der Waals surface area contributed by atoms with Crippen molar-refractivity contribution in [3.05, 3.63) is 59.9 Å². The lowest BCUT2D eigenvalue weighted by Crippen LogP contribution is -2.17. The van der Waals surface area contributed by atoms with Gasteiger partial charge in [0.1, 0.15) is 22.3 Å². The summed E-state index contributed by atoms with van der Waals surface area (Å²) in [5.41, 5.74) is 1.52. The molecule has 7 heteroatoms. The highest BCUT2D eigenvalue weighted by Gasteiger charge is 2.28. The van der Waals surface area contributed by atoms with Crippen LogP contribution in [0.3, 0.4) is 0 Å². The number of thioether (sulfide) groups is 1. The topological polar surface area (TPSA) is 63.0 Å². The lowest BCUT2D eigenvalue weighted by Gasteiger charge is -2.08. The summed E-state index contributed by atoms with van der Waals surface area (Å²) < 4.78 is 18.4. The largest absolute Gasteiger partial charge is 0.497 e. The minimum Gasteiger partial charge on any atom is -0.497 e. The number of hydrogen-bond donors (Lipinski definition) is 1. The van der Waals surface area contributed by atoms with Crippen LogP contribution in [-0.4, -0.2) is 35.2 Å². The van der Waals surface area contributed by atoms with Gasteiger partial charge in [-0.3, -0.25) is 9.79 Å². The molecule has 0 fully saturated rings. The molecule has 2 aromatic carbocycles. The first-order valence-electron chi connectivity index (χ1n) is 8.39. The molecule has 2 aromatic rings. The van der Waals surface area contributed by atoms with Crippen molar-refractivity contribution in [3.63, 3.8) is 0 Å². The molecule has 0 unspecified atom stereocenters. The SMILES string of the molecule is COc1cccc(NC(=O)CSC2=NC(C)(C)N=C2c2ccc(F)cc2)c1. The highest BCUT2D eigenvalue weighted by molar-refractivity contribution is 8.16. The number of halogens is 1. The van der Waals surface area contributed by atoms with Crippen LogP contribution in [0.4, 0.5) is 10.1 Å². The molecule has 1 aliphatic rings. The van der Waals surface area contributed by atoms with Gasteiger partial charge in [0.15, 0.2) is 0 Å². The average Bonchev–Trinajstić information content (AvgIpc) is 2.95. The van der Waals surface area contributed by atoms with Gasteiger partial charge < -0.3 is 10.1 Å². The van der Waals surface area contributed by atoms with Gasteiger partial charge in [0.25, 0.3) is 0 Å². The molecule has 0 spiro atoms. The van der Waals surface area contributed by atoms with Crippen LogP contribution in [0, 0.1) is 5.82 Å². The maximum Gasteiger partial charge on any atom is 0.234 e. The van der Waals surface area contributed by atoms with E-state index in [9.17, 15) is 9.18 Å². The summed E-state index contributed by atoms with van der Waals surface area (Å²) in [6.07, 6.45) is 0. The highest BCUT2D eigenvalue weighted by atomic mass is 32.2. The van der Waals surface area contributed by atoms with Gasteiger partial charge in [-0.25, -0.2) is 9.38 Å². The maximum absolute atomic E-state index is 13.2. The third kappa shape index (κ3) is 4.95. The second-order valence-electron chi connectivity index (χ2n) is 6.45. The Balaban J connectivity index is 1.67. The van der Waals surface area contributed by atoms with Gasteiger partial charge in [0.2, 0.25) is 5.91 Å². The van der Waals surface area contributed by atoms with Crippen LogP contribution in [-0.2, 0) is 4.79 Å². The zero-order chi connectivity index (χ0) is 19.4. The molecule has 5 nitrogen and oxygen atoms in total. The smallest absolute Gasteiger partial charge is 0.234 e. The van der Waals surface area contributed by atoms with Gasteiger partial charge in [0.05, 0.1) is 18.6 Å². The summed E-state index contributed by atoms with van der Waals surface area (Å²) in [5, 5.41) is 3.51. The van der Waals surface area contributed by atoms with E-state index in [2.05, 4.69) is 15.3 Å². The Kier molecular flexibility index (Phi) is 5.60. The van der Waals surface area contributed by atoms with Crippen LogP contribution < -0.4 is 10.1 Å². The standard InChI is InChI=1S/C20H20FN3O2S/c1-20(2)23-18(13-7-9-14(21)10-8-13)19(24-20)27-12-17(25)22-15-5-4-6-16(11-15)26-3/h4-11H,12H2,1-3H3,(H,22,25). The van der Waals surface area contributed by atoms with Crippen LogP contribution in [0.1, 0.15) is 19.4 Å². The highest BCUT2D eigenvalue weighted by Crippen LogP contribution is 2.27. The van der Waals surface area contributed by atoms with E-state index in [1.54, 1.807) is 31.4 Å². The fraction of sp³-hybridized carbons (Fsp3) is 0.250. The van der Waals surface area contributed by atoms with Crippen LogP contribution in [0.15, 0.2) is 58.5 Å². The van der Waals surface area contributed by atoms with Crippen LogP contribution in [0.5, 0.6) is 5.75 Å². The summed E-state index contributed by atoms with van der Waals surface area (Å²) in [6.45, 7) is 3.78. The molecule has 140 valence electrons. The van der Waals surface area contributed by atoms with Crippen molar-refractivity contribution >= 4 is 34.1 Å². The van der Waals surface area contributed by atoms with Gasteiger partial charge in [0, 0.05) is 17.3 Å². The van der Waals surface area contributed by atoms with E-state index in [0.29, 0.717) is 22.2 Å². The number of anilines is 1. The molecular weight excluding hydrogens is 365 g/mol. The van der Waals surface area contributed by atoms with Gasteiger partial charge in [-0.2, -0.15) is 0 Å². The molecule has 3 rings (SSSR count). The first-order chi connectivity index (χ1) is 12.9. The molecule has 0 radical (unpaired) electrons. The Hall–Kier alpha value is -2.67. The summed E-state index contributed by atoms with van der Waals surface area (Å²) >= 11 is 1.31. The van der Waals surface area contributed by atoms with E-state index in [4.69, 9.17) is 4.74 Å². The van der Waals surface area contributed by atoms with E-state index in [1.165, 1.54) is 23.9 Å². The molecule has 0 atom stereocenters. The van der Waals surface area contributed by atoms with E-state index in [0.717, 1.165) is 5.56 Å². The number of carbonyl (C=O) groups excluding carboxylic acids is 1. The summed E-state index contributed by atoms with van der Waals surface area (Å²) in [5.74, 6) is 0.402. The first-order valence-corrected chi connectivity index (χ1v) is 9.37. The number of rotatable bonds is 5. The zero-order valence-electron chi connectivity index (χ0n) is 15.3. The number of nitrogens with one attached hydrogen (secondary N) is 1. The van der Waals surface area contributed by atoms with E-state index in [1.807, 2.05) is 26.0 Å². The van der Waals surface area contributed by atoms with Crippen LogP contribution in [0.2, 0.25) is 0 Å².